The summed E-state index contributed by atoms with van der Waals surface area (Å²) in [5.74, 6) is 0.161. The molecule has 170 valence electrons. The van der Waals surface area contributed by atoms with Gasteiger partial charge < -0.3 is 14.5 Å². The zero-order chi connectivity index (χ0) is 22.9. The average Bonchev–Trinajstić information content (AvgIpc) is 3.22. The van der Waals surface area contributed by atoms with Crippen molar-refractivity contribution in [1.29, 1.82) is 0 Å². The van der Waals surface area contributed by atoms with Gasteiger partial charge in [0, 0.05) is 37.6 Å². The van der Waals surface area contributed by atoms with Crippen LogP contribution in [-0.4, -0.2) is 63.3 Å². The molecule has 3 aromatic rings. The van der Waals surface area contributed by atoms with E-state index in [1.165, 1.54) is 24.3 Å². The van der Waals surface area contributed by atoms with Gasteiger partial charge in [-0.1, -0.05) is 34.5 Å². The number of amides is 1. The smallest absolute Gasteiger partial charge is 0.223 e. The number of carbonyl (C=O) groups excluding carboxylic acids is 1. The van der Waals surface area contributed by atoms with E-state index in [0.717, 1.165) is 15.3 Å². The van der Waals surface area contributed by atoms with Crippen LogP contribution in [0.1, 0.15) is 6.42 Å². The highest BCUT2D eigenvalue weighted by molar-refractivity contribution is 7.91. The molecule has 1 amide bonds. The van der Waals surface area contributed by atoms with Crippen molar-refractivity contribution in [3.05, 3.63) is 46.4 Å². The number of sulfone groups is 1. The Morgan fingerprint density at radius 1 is 1.09 bits per heavy atom. The van der Waals surface area contributed by atoms with E-state index in [2.05, 4.69) is 9.88 Å². The van der Waals surface area contributed by atoms with E-state index in [0.29, 0.717) is 42.0 Å². The lowest BCUT2D eigenvalue weighted by Crippen LogP contribution is -2.49. The predicted molar refractivity (Wildman–Crippen MR) is 128 cm³/mol. The van der Waals surface area contributed by atoms with Gasteiger partial charge in [-0.05, 0) is 36.4 Å². The van der Waals surface area contributed by atoms with Crippen LogP contribution < -0.4 is 9.64 Å². The van der Waals surface area contributed by atoms with Crippen LogP contribution in [0.25, 0.3) is 10.2 Å². The van der Waals surface area contributed by atoms with Gasteiger partial charge in [0.05, 0.1) is 27.5 Å². The summed E-state index contributed by atoms with van der Waals surface area (Å²) in [6, 6.07) is 9.69. The molecule has 0 aliphatic carbocycles. The van der Waals surface area contributed by atoms with Crippen LogP contribution in [0.4, 0.5) is 5.13 Å². The van der Waals surface area contributed by atoms with Crippen LogP contribution in [0.3, 0.4) is 0 Å². The van der Waals surface area contributed by atoms with Crippen molar-refractivity contribution in [3.8, 4) is 5.75 Å². The zero-order valence-electron chi connectivity index (χ0n) is 17.3. The number of ether oxygens (including phenoxy) is 1. The Morgan fingerprint density at radius 3 is 2.44 bits per heavy atom. The average molecular weight is 514 g/mol. The third-order valence-electron chi connectivity index (χ3n) is 5.32. The molecule has 0 bridgehead atoms. The number of rotatable bonds is 6. The third-order valence-corrected chi connectivity index (χ3v) is 8.68. The van der Waals surface area contributed by atoms with E-state index < -0.39 is 9.84 Å². The molecule has 7 nitrogen and oxygen atoms in total. The Kier molecular flexibility index (Phi) is 6.80. The fraction of sp³-hybridized carbons (Fsp3) is 0.333. The molecule has 2 aromatic carbocycles. The van der Waals surface area contributed by atoms with Crippen molar-refractivity contribution in [1.82, 2.24) is 9.88 Å². The largest absolute Gasteiger partial charge is 0.493 e. The lowest BCUT2D eigenvalue weighted by Gasteiger charge is -2.34. The summed E-state index contributed by atoms with van der Waals surface area (Å²) >= 11 is 13.6. The molecule has 0 saturated carbocycles. The summed E-state index contributed by atoms with van der Waals surface area (Å²) in [7, 11) is -1.97. The number of methoxy groups -OCH3 is 1. The van der Waals surface area contributed by atoms with Gasteiger partial charge in [0.15, 0.2) is 20.7 Å². The number of piperazine rings is 1. The number of carbonyl (C=O) groups is 1. The van der Waals surface area contributed by atoms with E-state index in [-0.39, 0.29) is 23.0 Å². The maximum Gasteiger partial charge on any atom is 0.223 e. The molecule has 0 unspecified atom stereocenters. The minimum Gasteiger partial charge on any atom is -0.493 e. The van der Waals surface area contributed by atoms with Crippen molar-refractivity contribution in [2.75, 3.05) is 43.9 Å². The van der Waals surface area contributed by atoms with Gasteiger partial charge in [-0.3, -0.25) is 4.79 Å². The molecule has 0 radical (unpaired) electrons. The van der Waals surface area contributed by atoms with Crippen LogP contribution in [0.15, 0.2) is 41.3 Å². The Labute approximate surface area is 200 Å². The molecule has 32 heavy (non-hydrogen) atoms. The molecule has 0 N–H and O–H groups in total. The summed E-state index contributed by atoms with van der Waals surface area (Å²) in [6.45, 7) is 2.25. The SMILES string of the molecule is COc1c(Cl)ccc2sc(N3CCN(C(=O)CCS(=O)(=O)c4ccc(Cl)cc4)CC3)nc12. The quantitative estimate of drug-likeness (QED) is 0.493. The van der Waals surface area contributed by atoms with Crippen LogP contribution in [0.5, 0.6) is 5.75 Å². The Balaban J connectivity index is 1.36. The molecule has 1 aromatic heterocycles. The Bertz CT molecular complexity index is 1240. The second kappa shape index (κ2) is 9.43. The topological polar surface area (TPSA) is 79.8 Å². The van der Waals surface area contributed by atoms with E-state index in [4.69, 9.17) is 27.9 Å². The maximum atomic E-state index is 12.6. The van der Waals surface area contributed by atoms with Gasteiger partial charge in [0.1, 0.15) is 5.52 Å². The van der Waals surface area contributed by atoms with Gasteiger partial charge in [-0.25, -0.2) is 13.4 Å². The standard InChI is InChI=1S/C21H21Cl2N3O4S2/c1-30-20-16(23)6-7-17-19(20)24-21(31-17)26-11-9-25(10-12-26)18(27)8-13-32(28,29)15-4-2-14(22)3-5-15/h2-7H,8-13H2,1H3. The lowest BCUT2D eigenvalue weighted by atomic mass is 10.3. The van der Waals surface area contributed by atoms with Crippen LogP contribution in [-0.2, 0) is 14.6 Å². The van der Waals surface area contributed by atoms with Gasteiger partial charge in [-0.2, -0.15) is 0 Å². The fourth-order valence-electron chi connectivity index (χ4n) is 3.55. The first kappa shape index (κ1) is 23.1. The fourth-order valence-corrected chi connectivity index (χ4v) is 6.15. The van der Waals surface area contributed by atoms with Crippen molar-refractivity contribution in [3.63, 3.8) is 0 Å². The molecule has 1 fully saturated rings. The molecule has 1 aliphatic rings. The van der Waals surface area contributed by atoms with E-state index in [1.807, 2.05) is 6.07 Å². The van der Waals surface area contributed by atoms with Crippen LogP contribution in [0.2, 0.25) is 10.0 Å². The highest BCUT2D eigenvalue weighted by Crippen LogP contribution is 2.38. The molecular weight excluding hydrogens is 493 g/mol. The number of aromatic nitrogens is 1. The molecular formula is C21H21Cl2N3O4S2. The number of fused-ring (bicyclic) bond motifs is 1. The summed E-state index contributed by atoms with van der Waals surface area (Å²) < 4.78 is 31.3. The predicted octanol–water partition coefficient (Wildman–Crippen LogP) is 4.12. The Hall–Kier alpha value is -2.07. The second-order valence-electron chi connectivity index (χ2n) is 7.31. The first-order chi connectivity index (χ1) is 15.3. The summed E-state index contributed by atoms with van der Waals surface area (Å²) in [5.41, 5.74) is 0.728. The van der Waals surface area contributed by atoms with Gasteiger partial charge in [-0.15, -0.1) is 0 Å². The highest BCUT2D eigenvalue weighted by Gasteiger charge is 2.25. The van der Waals surface area contributed by atoms with Gasteiger partial charge >= 0.3 is 0 Å². The number of benzene rings is 2. The Morgan fingerprint density at radius 2 is 1.78 bits per heavy atom. The number of thiazole rings is 1. The normalized spacial score (nSPS) is 14.7. The molecule has 1 saturated heterocycles. The second-order valence-corrected chi connectivity index (χ2v) is 11.3. The van der Waals surface area contributed by atoms with Crippen LogP contribution >= 0.6 is 34.5 Å². The summed E-state index contributed by atoms with van der Waals surface area (Å²) in [6.07, 6.45) is -0.0538. The molecule has 4 rings (SSSR count). The monoisotopic (exact) mass is 513 g/mol. The molecule has 0 spiro atoms. The minimum atomic E-state index is -3.54. The first-order valence-corrected chi connectivity index (χ1v) is 13.1. The molecule has 0 atom stereocenters. The molecule has 2 heterocycles. The van der Waals surface area contributed by atoms with Crippen molar-refractivity contribution >= 4 is 65.6 Å². The number of hydrogen-bond acceptors (Lipinski definition) is 7. The van der Waals surface area contributed by atoms with Crippen molar-refractivity contribution in [2.45, 2.75) is 11.3 Å². The molecule has 11 heteroatoms. The number of anilines is 1. The first-order valence-electron chi connectivity index (χ1n) is 9.92. The minimum absolute atomic E-state index is 0.0538. The summed E-state index contributed by atoms with van der Waals surface area (Å²) in [4.78, 5) is 21.3. The number of hydrogen-bond donors (Lipinski definition) is 0. The van der Waals surface area contributed by atoms with Crippen LogP contribution in [0, 0.1) is 0 Å². The van der Waals surface area contributed by atoms with Gasteiger partial charge in [0.25, 0.3) is 0 Å². The highest BCUT2D eigenvalue weighted by atomic mass is 35.5. The number of nitrogens with zero attached hydrogens (tertiary/aromatic N) is 3. The van der Waals surface area contributed by atoms with E-state index in [1.54, 1.807) is 29.4 Å². The third kappa shape index (κ3) is 4.80. The lowest BCUT2D eigenvalue weighted by molar-refractivity contribution is -0.131. The maximum absolute atomic E-state index is 12.6. The van der Waals surface area contributed by atoms with Crippen molar-refractivity contribution < 1.29 is 17.9 Å². The zero-order valence-corrected chi connectivity index (χ0v) is 20.4. The van der Waals surface area contributed by atoms with Gasteiger partial charge in [0.2, 0.25) is 5.91 Å². The van der Waals surface area contributed by atoms with E-state index >= 15 is 0 Å². The number of halogens is 2. The molecule has 1 aliphatic heterocycles. The van der Waals surface area contributed by atoms with E-state index in [9.17, 15) is 13.2 Å². The summed E-state index contributed by atoms with van der Waals surface area (Å²) in [5, 5.41) is 1.83. The van der Waals surface area contributed by atoms with Crippen molar-refractivity contribution in [2.24, 2.45) is 0 Å².